The van der Waals surface area contributed by atoms with Crippen molar-refractivity contribution in [1.29, 1.82) is 5.26 Å². The zero-order valence-electron chi connectivity index (χ0n) is 14.5. The second kappa shape index (κ2) is 9.81. The minimum atomic E-state index is -0.787. The highest BCUT2D eigenvalue weighted by Gasteiger charge is 2.25. The SMILES string of the molecule is CCCN(CCC)CC(=O)[C@H](C#N)c1nc(-c2ccc(Br)cc2)cs1. The molecule has 0 fully saturated rings. The Labute approximate surface area is 161 Å². The van der Waals surface area contributed by atoms with Crippen LogP contribution in [0.15, 0.2) is 34.1 Å². The van der Waals surface area contributed by atoms with Crippen LogP contribution >= 0.6 is 27.3 Å². The van der Waals surface area contributed by atoms with E-state index in [2.05, 4.69) is 45.7 Å². The molecule has 0 amide bonds. The number of nitriles is 1. The summed E-state index contributed by atoms with van der Waals surface area (Å²) in [4.78, 5) is 19.3. The minimum Gasteiger partial charge on any atom is -0.296 e. The van der Waals surface area contributed by atoms with Crippen LogP contribution in [-0.4, -0.2) is 35.3 Å². The molecule has 132 valence electrons. The first-order valence-electron chi connectivity index (χ1n) is 8.45. The van der Waals surface area contributed by atoms with Crippen LogP contribution < -0.4 is 0 Å². The Morgan fingerprint density at radius 1 is 1.28 bits per heavy atom. The fraction of sp³-hybridized carbons (Fsp3) is 0.421. The predicted molar refractivity (Wildman–Crippen MR) is 106 cm³/mol. The average Bonchev–Trinajstić information content (AvgIpc) is 3.06. The van der Waals surface area contributed by atoms with Crippen molar-refractivity contribution in [3.8, 4) is 17.3 Å². The molecular weight excluding hydrogens is 398 g/mol. The lowest BCUT2D eigenvalue weighted by Gasteiger charge is -2.20. The number of thiazole rings is 1. The molecule has 1 aromatic heterocycles. The molecule has 0 saturated heterocycles. The van der Waals surface area contributed by atoms with E-state index in [1.165, 1.54) is 11.3 Å². The molecule has 25 heavy (non-hydrogen) atoms. The second-order valence-electron chi connectivity index (χ2n) is 5.88. The van der Waals surface area contributed by atoms with Crippen LogP contribution in [0.25, 0.3) is 11.3 Å². The highest BCUT2D eigenvalue weighted by atomic mass is 79.9. The molecule has 1 atom stereocenters. The summed E-state index contributed by atoms with van der Waals surface area (Å²) in [6, 6.07) is 9.99. The number of nitrogens with zero attached hydrogens (tertiary/aromatic N) is 3. The number of rotatable bonds is 9. The van der Waals surface area contributed by atoms with Crippen LogP contribution in [0, 0.1) is 11.3 Å². The Morgan fingerprint density at radius 3 is 2.48 bits per heavy atom. The summed E-state index contributed by atoms with van der Waals surface area (Å²) >= 11 is 4.79. The highest BCUT2D eigenvalue weighted by Crippen LogP contribution is 2.28. The van der Waals surface area contributed by atoms with Crippen LogP contribution in [0.3, 0.4) is 0 Å². The van der Waals surface area contributed by atoms with E-state index in [4.69, 9.17) is 0 Å². The number of hydrogen-bond acceptors (Lipinski definition) is 5. The van der Waals surface area contributed by atoms with Gasteiger partial charge in [0, 0.05) is 15.4 Å². The summed E-state index contributed by atoms with van der Waals surface area (Å²) < 4.78 is 1.00. The van der Waals surface area contributed by atoms with Gasteiger partial charge in [-0.05, 0) is 38.1 Å². The zero-order valence-corrected chi connectivity index (χ0v) is 16.9. The monoisotopic (exact) mass is 419 g/mol. The Kier molecular flexibility index (Phi) is 7.76. The number of aromatic nitrogens is 1. The standard InChI is InChI=1S/C19H22BrN3OS/c1-3-9-23(10-4-2)12-18(24)16(11-21)19-22-17(13-25-19)14-5-7-15(20)8-6-14/h5-8,13,16H,3-4,9-10,12H2,1-2H3/t16-/m0/s1. The van der Waals surface area contributed by atoms with Crippen molar-refractivity contribution < 1.29 is 4.79 Å². The molecule has 4 nitrogen and oxygen atoms in total. The minimum absolute atomic E-state index is 0.0684. The van der Waals surface area contributed by atoms with E-state index in [1.54, 1.807) is 0 Å². The molecule has 0 aliphatic heterocycles. The van der Waals surface area contributed by atoms with Crippen LogP contribution in [0.4, 0.5) is 0 Å². The summed E-state index contributed by atoms with van der Waals surface area (Å²) in [6.45, 7) is 6.26. The average molecular weight is 420 g/mol. The van der Waals surface area contributed by atoms with Crippen LogP contribution in [0.1, 0.15) is 37.6 Å². The number of Topliss-reactive ketones (excluding diaryl/α,β-unsaturated/α-hetero) is 1. The maximum Gasteiger partial charge on any atom is 0.170 e. The van der Waals surface area contributed by atoms with Crippen LogP contribution in [0.5, 0.6) is 0 Å². The van der Waals surface area contributed by atoms with Gasteiger partial charge in [-0.25, -0.2) is 4.98 Å². The van der Waals surface area contributed by atoms with E-state index >= 15 is 0 Å². The third-order valence-corrected chi connectivity index (χ3v) is 5.26. The topological polar surface area (TPSA) is 57.0 Å². The van der Waals surface area contributed by atoms with E-state index in [0.29, 0.717) is 11.6 Å². The third-order valence-electron chi connectivity index (χ3n) is 3.82. The first kappa shape index (κ1) is 19.8. The van der Waals surface area contributed by atoms with Gasteiger partial charge in [0.05, 0.1) is 18.3 Å². The quantitative estimate of drug-likeness (QED) is 0.581. The molecule has 2 rings (SSSR count). The number of carbonyl (C=O) groups excluding carboxylic acids is 1. The van der Waals surface area contributed by atoms with Gasteiger partial charge < -0.3 is 0 Å². The lowest BCUT2D eigenvalue weighted by molar-refractivity contribution is -0.120. The van der Waals surface area contributed by atoms with Gasteiger partial charge in [0.15, 0.2) is 11.7 Å². The largest absolute Gasteiger partial charge is 0.296 e. The molecule has 0 bridgehead atoms. The molecule has 1 heterocycles. The molecular formula is C19H22BrN3OS. The molecule has 1 aromatic carbocycles. The lowest BCUT2D eigenvalue weighted by atomic mass is 10.1. The fourth-order valence-corrected chi connectivity index (χ4v) is 3.81. The number of halogens is 1. The van der Waals surface area contributed by atoms with Crippen molar-refractivity contribution in [3.05, 3.63) is 39.1 Å². The number of benzene rings is 1. The first-order valence-corrected chi connectivity index (χ1v) is 10.1. The number of carbonyl (C=O) groups is 1. The normalized spacial score (nSPS) is 12.1. The van der Waals surface area contributed by atoms with Gasteiger partial charge in [0.2, 0.25) is 0 Å². The van der Waals surface area contributed by atoms with Crippen LogP contribution in [-0.2, 0) is 4.79 Å². The van der Waals surface area contributed by atoms with Gasteiger partial charge in [-0.2, -0.15) is 5.26 Å². The Bertz CT molecular complexity index is 730. The van der Waals surface area contributed by atoms with Gasteiger partial charge in [-0.1, -0.05) is 41.9 Å². The summed E-state index contributed by atoms with van der Waals surface area (Å²) in [5, 5.41) is 12.0. The van der Waals surface area contributed by atoms with E-state index in [-0.39, 0.29) is 5.78 Å². The molecule has 0 saturated carbocycles. The van der Waals surface area contributed by atoms with E-state index in [9.17, 15) is 10.1 Å². The molecule has 0 radical (unpaired) electrons. The lowest BCUT2D eigenvalue weighted by Crippen LogP contribution is -2.33. The van der Waals surface area contributed by atoms with Crippen molar-refractivity contribution in [2.24, 2.45) is 0 Å². The van der Waals surface area contributed by atoms with Crippen molar-refractivity contribution >= 4 is 33.0 Å². The van der Waals surface area contributed by atoms with E-state index < -0.39 is 5.92 Å². The van der Waals surface area contributed by atoms with E-state index in [0.717, 1.165) is 41.7 Å². The fourth-order valence-electron chi connectivity index (χ4n) is 2.65. The maximum absolute atomic E-state index is 12.6. The molecule has 0 aliphatic carbocycles. The summed E-state index contributed by atoms with van der Waals surface area (Å²) in [5.74, 6) is -0.855. The molecule has 0 aliphatic rings. The summed E-state index contributed by atoms with van der Waals surface area (Å²) in [5.41, 5.74) is 1.79. The number of hydrogen-bond donors (Lipinski definition) is 0. The van der Waals surface area contributed by atoms with Gasteiger partial charge >= 0.3 is 0 Å². The first-order chi connectivity index (χ1) is 12.1. The van der Waals surface area contributed by atoms with Crippen molar-refractivity contribution in [2.75, 3.05) is 19.6 Å². The van der Waals surface area contributed by atoms with Crippen LogP contribution in [0.2, 0.25) is 0 Å². The van der Waals surface area contributed by atoms with Crippen molar-refractivity contribution in [1.82, 2.24) is 9.88 Å². The van der Waals surface area contributed by atoms with E-state index in [1.807, 2.05) is 29.6 Å². The van der Waals surface area contributed by atoms with Gasteiger partial charge in [-0.3, -0.25) is 9.69 Å². The molecule has 0 spiro atoms. The second-order valence-corrected chi connectivity index (χ2v) is 7.69. The molecule has 2 aromatic rings. The summed E-state index contributed by atoms with van der Waals surface area (Å²) in [6.07, 6.45) is 1.99. The summed E-state index contributed by atoms with van der Waals surface area (Å²) in [7, 11) is 0. The van der Waals surface area contributed by atoms with Crippen molar-refractivity contribution in [3.63, 3.8) is 0 Å². The molecule has 0 N–H and O–H groups in total. The number of ketones is 1. The third kappa shape index (κ3) is 5.46. The Balaban J connectivity index is 2.13. The van der Waals surface area contributed by atoms with Gasteiger partial charge in [0.1, 0.15) is 5.01 Å². The highest BCUT2D eigenvalue weighted by molar-refractivity contribution is 9.10. The van der Waals surface area contributed by atoms with Crippen molar-refractivity contribution in [2.45, 2.75) is 32.6 Å². The van der Waals surface area contributed by atoms with Gasteiger partial charge in [0.25, 0.3) is 0 Å². The Morgan fingerprint density at radius 2 is 1.92 bits per heavy atom. The maximum atomic E-state index is 12.6. The Hall–Kier alpha value is -1.55. The smallest absolute Gasteiger partial charge is 0.170 e. The molecule has 6 heteroatoms. The zero-order chi connectivity index (χ0) is 18.2. The molecule has 0 unspecified atom stereocenters. The predicted octanol–water partition coefficient (Wildman–Crippen LogP) is 4.87. The van der Waals surface area contributed by atoms with Gasteiger partial charge in [-0.15, -0.1) is 11.3 Å².